The van der Waals surface area contributed by atoms with Gasteiger partial charge in [-0.05, 0) is 57.8 Å². The lowest BCUT2D eigenvalue weighted by Gasteiger charge is -2.37. The molecular formula is C16H31NO6Si3. The fourth-order valence-corrected chi connectivity index (χ4v) is 13.9. The van der Waals surface area contributed by atoms with Gasteiger partial charge in [-0.2, -0.15) is 0 Å². The van der Waals surface area contributed by atoms with Crippen LogP contribution in [0, 0.1) is 0 Å². The molecule has 1 rings (SSSR count). The monoisotopic (exact) mass is 417 g/mol. The minimum absolute atomic E-state index is 0.101. The fourth-order valence-electron chi connectivity index (χ4n) is 2.44. The van der Waals surface area contributed by atoms with Crippen molar-refractivity contribution in [1.29, 1.82) is 0 Å². The lowest BCUT2D eigenvalue weighted by molar-refractivity contribution is -0.146. The van der Waals surface area contributed by atoms with Gasteiger partial charge in [0.25, 0.3) is 0 Å². The Morgan fingerprint density at radius 2 is 1.62 bits per heavy atom. The van der Waals surface area contributed by atoms with Crippen LogP contribution >= 0.6 is 0 Å². The first-order valence-corrected chi connectivity index (χ1v) is 17.1. The van der Waals surface area contributed by atoms with Crippen molar-refractivity contribution in [3.63, 3.8) is 0 Å². The molecule has 0 saturated heterocycles. The van der Waals surface area contributed by atoms with Crippen molar-refractivity contribution < 1.29 is 26.6 Å². The van der Waals surface area contributed by atoms with Crippen LogP contribution < -0.4 is 0 Å². The third kappa shape index (κ3) is 9.71. The first kappa shape index (κ1) is 23.2. The Morgan fingerprint density at radius 1 is 1.00 bits per heavy atom. The lowest BCUT2D eigenvalue weighted by atomic mass is 10.3. The van der Waals surface area contributed by atoms with Crippen LogP contribution in [0.3, 0.4) is 0 Å². The highest BCUT2D eigenvalue weighted by atomic mass is 28.5. The van der Waals surface area contributed by atoms with Gasteiger partial charge in [0.1, 0.15) is 6.61 Å². The summed E-state index contributed by atoms with van der Waals surface area (Å²) in [4.78, 5) is 15.6. The van der Waals surface area contributed by atoms with Crippen molar-refractivity contribution in [2.45, 2.75) is 52.8 Å². The summed E-state index contributed by atoms with van der Waals surface area (Å²) in [5.74, 6) is -0.383. The molecule has 0 aliphatic rings. The highest BCUT2D eigenvalue weighted by molar-refractivity contribution is 6.84. The maximum absolute atomic E-state index is 11.5. The number of rotatable bonds is 11. The molecule has 0 spiro atoms. The molecular weight excluding hydrogens is 386 g/mol. The summed E-state index contributed by atoms with van der Waals surface area (Å²) in [5, 5.41) is 0. The Bertz CT molecular complexity index is 568. The number of hydrogen-bond donors (Lipinski definition) is 0. The minimum Gasteiger partial charge on any atom is -0.464 e. The number of esters is 1. The van der Waals surface area contributed by atoms with Gasteiger partial charge in [-0.15, -0.1) is 0 Å². The molecule has 10 heteroatoms. The molecule has 148 valence electrons. The van der Waals surface area contributed by atoms with Crippen molar-refractivity contribution in [3.8, 4) is 0 Å². The third-order valence-electron chi connectivity index (χ3n) is 3.14. The van der Waals surface area contributed by atoms with Crippen LogP contribution in [0.5, 0.6) is 0 Å². The number of nitrogens with zero attached hydrogens (tertiary/aromatic N) is 1. The van der Waals surface area contributed by atoms with Crippen molar-refractivity contribution >= 4 is 31.7 Å². The highest BCUT2D eigenvalue weighted by Gasteiger charge is 2.42. The summed E-state index contributed by atoms with van der Waals surface area (Å²) in [6.45, 7) is 14.2. The Morgan fingerprint density at radius 3 is 2.15 bits per heavy atom. The van der Waals surface area contributed by atoms with Crippen LogP contribution in [0.1, 0.15) is 12.5 Å². The quantitative estimate of drug-likeness (QED) is 0.404. The first-order valence-electron chi connectivity index (χ1n) is 8.67. The predicted molar refractivity (Wildman–Crippen MR) is 106 cm³/mol. The van der Waals surface area contributed by atoms with E-state index in [4.69, 9.17) is 21.8 Å². The molecule has 1 aromatic heterocycles. The maximum Gasteiger partial charge on any atom is 0.330 e. The SMILES string of the molecule is CCOC(=O)CO[Si](C)(C)O[Si](C)(C)O[Si](C)(C)OCc1cccnc1. The second-order valence-electron chi connectivity index (χ2n) is 7.15. The van der Waals surface area contributed by atoms with Crippen LogP contribution in [0.2, 0.25) is 39.3 Å². The molecule has 0 N–H and O–H groups in total. The van der Waals surface area contributed by atoms with Gasteiger partial charge < -0.3 is 21.8 Å². The number of carbonyl (C=O) groups excluding carboxylic acids is 1. The van der Waals surface area contributed by atoms with Crippen LogP contribution in [-0.2, 0) is 33.2 Å². The highest BCUT2D eigenvalue weighted by Crippen LogP contribution is 2.22. The normalized spacial score (nSPS) is 12.9. The average Bonchev–Trinajstić information content (AvgIpc) is 2.50. The summed E-state index contributed by atoms with van der Waals surface area (Å²) in [6, 6.07) is 3.85. The van der Waals surface area contributed by atoms with E-state index < -0.39 is 25.7 Å². The molecule has 0 saturated carbocycles. The third-order valence-corrected chi connectivity index (χ3v) is 12.7. The molecule has 0 radical (unpaired) electrons. The Labute approximate surface area is 159 Å². The van der Waals surface area contributed by atoms with E-state index in [0.29, 0.717) is 13.2 Å². The zero-order chi connectivity index (χ0) is 19.8. The van der Waals surface area contributed by atoms with Crippen LogP contribution in [0.4, 0.5) is 0 Å². The molecule has 1 aromatic rings. The Balaban J connectivity index is 2.55. The molecule has 1 heterocycles. The van der Waals surface area contributed by atoms with E-state index in [1.165, 1.54) is 0 Å². The molecule has 0 aliphatic carbocycles. The average molecular weight is 418 g/mol. The smallest absolute Gasteiger partial charge is 0.330 e. The van der Waals surface area contributed by atoms with Gasteiger partial charge in [0.2, 0.25) is 0 Å². The summed E-state index contributed by atoms with van der Waals surface area (Å²) in [5.41, 5.74) is 1.00. The zero-order valence-corrected chi connectivity index (χ0v) is 19.8. The van der Waals surface area contributed by atoms with E-state index in [2.05, 4.69) is 4.98 Å². The molecule has 0 amide bonds. The molecule has 0 aliphatic heterocycles. The van der Waals surface area contributed by atoms with Crippen molar-refractivity contribution in [2.75, 3.05) is 13.2 Å². The van der Waals surface area contributed by atoms with E-state index in [-0.39, 0.29) is 12.6 Å². The van der Waals surface area contributed by atoms with Gasteiger partial charge in [0, 0.05) is 12.4 Å². The van der Waals surface area contributed by atoms with E-state index >= 15 is 0 Å². The van der Waals surface area contributed by atoms with E-state index in [1.54, 1.807) is 19.3 Å². The van der Waals surface area contributed by atoms with Crippen molar-refractivity contribution in [2.24, 2.45) is 0 Å². The molecule has 0 unspecified atom stereocenters. The van der Waals surface area contributed by atoms with Gasteiger partial charge >= 0.3 is 31.7 Å². The van der Waals surface area contributed by atoms with Crippen LogP contribution in [0.25, 0.3) is 0 Å². The van der Waals surface area contributed by atoms with Gasteiger partial charge in [0.15, 0.2) is 0 Å². The molecule has 0 bridgehead atoms. The standard InChI is InChI=1S/C16H31NO6Si3/c1-8-19-16(18)14-21-25(4,5)23-26(6,7)22-24(2,3)20-13-15-10-9-11-17-12-15/h9-12H,8,13-14H2,1-7H3. The van der Waals surface area contributed by atoms with Crippen molar-refractivity contribution in [1.82, 2.24) is 4.98 Å². The number of carbonyl (C=O) groups is 1. The van der Waals surface area contributed by atoms with E-state index in [1.807, 2.05) is 51.4 Å². The number of hydrogen-bond acceptors (Lipinski definition) is 7. The topological polar surface area (TPSA) is 76.1 Å². The number of aromatic nitrogens is 1. The lowest BCUT2D eigenvalue weighted by Crippen LogP contribution is -2.54. The first-order chi connectivity index (χ1) is 11.9. The van der Waals surface area contributed by atoms with Gasteiger partial charge in [-0.1, -0.05) is 6.07 Å². The fraction of sp³-hybridized carbons (Fsp3) is 0.625. The second-order valence-corrected chi connectivity index (χ2v) is 17.8. The summed E-state index contributed by atoms with van der Waals surface area (Å²) >= 11 is 0. The van der Waals surface area contributed by atoms with Crippen LogP contribution in [0.15, 0.2) is 24.5 Å². The van der Waals surface area contributed by atoms with E-state index in [9.17, 15) is 4.79 Å². The van der Waals surface area contributed by atoms with E-state index in [0.717, 1.165) is 5.56 Å². The summed E-state index contributed by atoms with van der Waals surface area (Å²) in [7, 11) is -7.42. The maximum atomic E-state index is 11.5. The number of pyridine rings is 1. The van der Waals surface area contributed by atoms with Gasteiger partial charge in [-0.3, -0.25) is 4.98 Å². The van der Waals surface area contributed by atoms with Gasteiger partial charge in [0.05, 0.1) is 13.2 Å². The van der Waals surface area contributed by atoms with Crippen LogP contribution in [-0.4, -0.2) is 49.8 Å². The molecule has 0 fully saturated rings. The summed E-state index contributed by atoms with van der Waals surface area (Å²) in [6.07, 6.45) is 3.51. The second kappa shape index (κ2) is 9.88. The van der Waals surface area contributed by atoms with Gasteiger partial charge in [-0.25, -0.2) is 4.79 Å². The molecule has 7 nitrogen and oxygen atoms in total. The summed E-state index contributed by atoms with van der Waals surface area (Å²) < 4.78 is 29.1. The number of ether oxygens (including phenoxy) is 1. The Hall–Kier alpha value is -0.889. The van der Waals surface area contributed by atoms with Crippen molar-refractivity contribution in [3.05, 3.63) is 30.1 Å². The molecule has 26 heavy (non-hydrogen) atoms. The molecule has 0 atom stereocenters. The Kier molecular flexibility index (Phi) is 8.79. The predicted octanol–water partition coefficient (Wildman–Crippen LogP) is 3.32. The molecule has 0 aromatic carbocycles. The minimum atomic E-state index is -2.52. The largest absolute Gasteiger partial charge is 0.464 e. The zero-order valence-electron chi connectivity index (χ0n) is 16.8.